The van der Waals surface area contributed by atoms with Crippen molar-refractivity contribution in [3.8, 4) is 0 Å². The van der Waals surface area contributed by atoms with E-state index in [0.717, 1.165) is 24.8 Å². The Balaban J connectivity index is 1.86. The Labute approximate surface area is 127 Å². The van der Waals surface area contributed by atoms with E-state index in [1.54, 1.807) is 0 Å². The van der Waals surface area contributed by atoms with Gasteiger partial charge in [-0.3, -0.25) is 4.79 Å². The Kier molecular flexibility index (Phi) is 5.94. The van der Waals surface area contributed by atoms with Crippen LogP contribution in [0.15, 0.2) is 54.1 Å². The molecular weight excluding hydrogens is 260 g/mol. The van der Waals surface area contributed by atoms with E-state index in [1.165, 1.54) is 11.1 Å². The number of allylic oxidation sites excluding steroid dienone is 2. The molecule has 0 fully saturated rings. The summed E-state index contributed by atoms with van der Waals surface area (Å²) in [6.45, 7) is 6.97. The number of benzene rings is 1. The first-order valence-electron chi connectivity index (χ1n) is 7.67. The van der Waals surface area contributed by atoms with Crippen LogP contribution in [-0.4, -0.2) is 12.4 Å². The van der Waals surface area contributed by atoms with Crippen LogP contribution in [0.5, 0.6) is 0 Å². The first kappa shape index (κ1) is 15.7. The van der Waals surface area contributed by atoms with Crippen LogP contribution < -0.4 is 0 Å². The highest BCUT2D eigenvalue weighted by molar-refractivity contribution is 5.98. The Morgan fingerprint density at radius 2 is 2.10 bits per heavy atom. The van der Waals surface area contributed by atoms with E-state index in [4.69, 9.17) is 4.74 Å². The summed E-state index contributed by atoms with van der Waals surface area (Å²) < 4.78 is 5.83. The molecule has 0 aromatic heterocycles. The second-order valence-corrected chi connectivity index (χ2v) is 5.66. The summed E-state index contributed by atoms with van der Waals surface area (Å²) in [6.07, 6.45) is 5.61. The van der Waals surface area contributed by atoms with E-state index < -0.39 is 0 Å². The number of ketones is 1. The summed E-state index contributed by atoms with van der Waals surface area (Å²) in [4.78, 5) is 11.9. The van der Waals surface area contributed by atoms with Crippen LogP contribution in [-0.2, 0) is 16.1 Å². The highest BCUT2D eigenvalue weighted by Gasteiger charge is 2.29. The van der Waals surface area contributed by atoms with E-state index in [0.29, 0.717) is 19.6 Å². The van der Waals surface area contributed by atoms with Crippen LogP contribution in [0.4, 0.5) is 0 Å². The molecular formula is C19H24O2. The van der Waals surface area contributed by atoms with Crippen molar-refractivity contribution in [2.75, 3.05) is 6.61 Å². The van der Waals surface area contributed by atoms with Gasteiger partial charge in [-0.15, -0.1) is 6.58 Å². The third-order valence-electron chi connectivity index (χ3n) is 4.11. The quantitative estimate of drug-likeness (QED) is 0.520. The lowest BCUT2D eigenvalue weighted by atomic mass is 9.96. The number of hydrogen-bond donors (Lipinski definition) is 0. The van der Waals surface area contributed by atoms with Gasteiger partial charge in [-0.1, -0.05) is 42.0 Å². The van der Waals surface area contributed by atoms with E-state index in [9.17, 15) is 4.79 Å². The fourth-order valence-corrected chi connectivity index (χ4v) is 2.87. The van der Waals surface area contributed by atoms with Crippen molar-refractivity contribution >= 4 is 5.78 Å². The van der Waals surface area contributed by atoms with Crippen LogP contribution in [0.25, 0.3) is 0 Å². The maximum Gasteiger partial charge on any atom is 0.159 e. The van der Waals surface area contributed by atoms with Crippen LogP contribution >= 0.6 is 0 Å². The Morgan fingerprint density at radius 1 is 1.33 bits per heavy atom. The van der Waals surface area contributed by atoms with Gasteiger partial charge in [-0.25, -0.2) is 0 Å². The molecule has 2 heteroatoms. The van der Waals surface area contributed by atoms with E-state index >= 15 is 0 Å². The Bertz CT molecular complexity index is 514. The van der Waals surface area contributed by atoms with Crippen molar-refractivity contribution in [2.24, 2.45) is 5.92 Å². The normalized spacial score (nSPS) is 18.3. The van der Waals surface area contributed by atoms with E-state index in [-0.39, 0.29) is 11.7 Å². The molecule has 1 aliphatic carbocycles. The number of unbranched alkanes of at least 4 members (excludes halogenated alkanes) is 1. The van der Waals surface area contributed by atoms with Crippen LogP contribution in [0, 0.1) is 5.92 Å². The zero-order valence-electron chi connectivity index (χ0n) is 12.8. The summed E-state index contributed by atoms with van der Waals surface area (Å²) in [5.41, 5.74) is 3.44. The Morgan fingerprint density at radius 3 is 2.81 bits per heavy atom. The molecule has 0 bridgehead atoms. The third kappa shape index (κ3) is 4.40. The summed E-state index contributed by atoms with van der Waals surface area (Å²) in [5.74, 6) is 0.558. The number of Topliss-reactive ketones (excluding diaryl/α,β-unsaturated/α-hetero) is 1. The SMILES string of the molecule is C=CCCCC1=C(C)C(=O)CC1COCc1ccccc1. The molecule has 1 aromatic rings. The molecule has 1 aliphatic rings. The lowest BCUT2D eigenvalue weighted by Gasteiger charge is -2.15. The first-order chi connectivity index (χ1) is 10.2. The molecule has 0 amide bonds. The molecule has 0 N–H and O–H groups in total. The van der Waals surface area contributed by atoms with Gasteiger partial charge >= 0.3 is 0 Å². The second-order valence-electron chi connectivity index (χ2n) is 5.66. The van der Waals surface area contributed by atoms with Gasteiger partial charge in [0.15, 0.2) is 5.78 Å². The largest absolute Gasteiger partial charge is 0.376 e. The van der Waals surface area contributed by atoms with Crippen LogP contribution in [0.3, 0.4) is 0 Å². The number of carbonyl (C=O) groups is 1. The van der Waals surface area contributed by atoms with Gasteiger partial charge in [-0.2, -0.15) is 0 Å². The van der Waals surface area contributed by atoms with Crippen molar-refractivity contribution in [3.05, 3.63) is 59.7 Å². The van der Waals surface area contributed by atoms with Crippen molar-refractivity contribution in [2.45, 2.75) is 39.2 Å². The highest BCUT2D eigenvalue weighted by Crippen LogP contribution is 2.33. The molecule has 21 heavy (non-hydrogen) atoms. The number of carbonyl (C=O) groups excluding carboxylic acids is 1. The summed E-state index contributed by atoms with van der Waals surface area (Å²) in [6, 6.07) is 10.2. The number of ether oxygens (including phenoxy) is 1. The molecule has 1 aromatic carbocycles. The highest BCUT2D eigenvalue weighted by atomic mass is 16.5. The van der Waals surface area contributed by atoms with Crippen LogP contribution in [0.1, 0.15) is 38.2 Å². The predicted octanol–water partition coefficient (Wildman–Crippen LogP) is 4.47. The molecule has 0 spiro atoms. The van der Waals surface area contributed by atoms with Crippen molar-refractivity contribution in [1.29, 1.82) is 0 Å². The van der Waals surface area contributed by atoms with Gasteiger partial charge < -0.3 is 4.74 Å². The maximum atomic E-state index is 11.9. The Hall–Kier alpha value is -1.67. The minimum atomic E-state index is 0.269. The molecule has 1 unspecified atom stereocenters. The van der Waals surface area contributed by atoms with Gasteiger partial charge in [0.25, 0.3) is 0 Å². The standard InChI is InChI=1S/C19H24O2/c1-3-4-6-11-18-15(2)19(20)12-17(18)14-21-13-16-9-7-5-8-10-16/h3,5,7-10,17H,1,4,6,11-14H2,2H3. The smallest absolute Gasteiger partial charge is 0.159 e. The summed E-state index contributed by atoms with van der Waals surface area (Å²) in [7, 11) is 0. The fourth-order valence-electron chi connectivity index (χ4n) is 2.87. The maximum absolute atomic E-state index is 11.9. The zero-order valence-corrected chi connectivity index (χ0v) is 12.8. The van der Waals surface area contributed by atoms with E-state index in [2.05, 4.69) is 18.7 Å². The monoisotopic (exact) mass is 284 g/mol. The molecule has 2 nitrogen and oxygen atoms in total. The first-order valence-corrected chi connectivity index (χ1v) is 7.67. The van der Waals surface area contributed by atoms with Crippen molar-refractivity contribution < 1.29 is 9.53 Å². The lowest BCUT2D eigenvalue weighted by molar-refractivity contribution is -0.115. The van der Waals surface area contributed by atoms with Gasteiger partial charge in [0.1, 0.15) is 0 Å². The topological polar surface area (TPSA) is 26.3 Å². The van der Waals surface area contributed by atoms with Crippen molar-refractivity contribution in [3.63, 3.8) is 0 Å². The number of rotatable bonds is 8. The predicted molar refractivity (Wildman–Crippen MR) is 86.0 cm³/mol. The molecule has 0 aliphatic heterocycles. The summed E-state index contributed by atoms with van der Waals surface area (Å²) >= 11 is 0. The van der Waals surface area contributed by atoms with Crippen molar-refractivity contribution in [1.82, 2.24) is 0 Å². The average molecular weight is 284 g/mol. The third-order valence-corrected chi connectivity index (χ3v) is 4.11. The average Bonchev–Trinajstić information content (AvgIpc) is 2.76. The molecule has 112 valence electrons. The lowest BCUT2D eigenvalue weighted by Crippen LogP contribution is -2.10. The fraction of sp³-hybridized carbons (Fsp3) is 0.421. The molecule has 0 radical (unpaired) electrons. The summed E-state index contributed by atoms with van der Waals surface area (Å²) in [5, 5.41) is 0. The molecule has 0 saturated carbocycles. The van der Waals surface area contributed by atoms with E-state index in [1.807, 2.05) is 31.2 Å². The minimum Gasteiger partial charge on any atom is -0.376 e. The zero-order chi connectivity index (χ0) is 15.1. The molecule has 0 saturated heterocycles. The molecule has 0 heterocycles. The van der Waals surface area contributed by atoms with Gasteiger partial charge in [0, 0.05) is 12.3 Å². The number of hydrogen-bond acceptors (Lipinski definition) is 2. The minimum absolute atomic E-state index is 0.269. The van der Waals surface area contributed by atoms with Crippen LogP contribution in [0.2, 0.25) is 0 Å². The van der Waals surface area contributed by atoms with Gasteiger partial charge in [0.05, 0.1) is 13.2 Å². The molecule has 2 rings (SSSR count). The molecule has 1 atom stereocenters. The second kappa shape index (κ2) is 7.94. The van der Waals surface area contributed by atoms with Gasteiger partial charge in [0.2, 0.25) is 0 Å². The van der Waals surface area contributed by atoms with Gasteiger partial charge in [-0.05, 0) is 37.3 Å².